The van der Waals surface area contributed by atoms with E-state index in [1.54, 1.807) is 43.3 Å². The second kappa shape index (κ2) is 6.99. The minimum atomic E-state index is -0.481. The molecule has 116 valence electrons. The number of carbonyl (C=O) groups is 2. The second-order valence-electron chi connectivity index (χ2n) is 5.01. The molecule has 2 N–H and O–H groups in total. The fourth-order valence-electron chi connectivity index (χ4n) is 2.09. The summed E-state index contributed by atoms with van der Waals surface area (Å²) in [5, 5.41) is 0.321. The normalized spacial score (nSPS) is 9.83. The van der Waals surface area contributed by atoms with Crippen molar-refractivity contribution in [3.63, 3.8) is 0 Å². The van der Waals surface area contributed by atoms with Gasteiger partial charge in [-0.15, -0.1) is 6.42 Å². The Balaban J connectivity index is 2.10. The molecule has 2 amide bonds. The van der Waals surface area contributed by atoms with Gasteiger partial charge in [0.1, 0.15) is 0 Å². The highest BCUT2D eigenvalue weighted by atomic mass is 35.5. The van der Waals surface area contributed by atoms with Crippen molar-refractivity contribution in [3.05, 3.63) is 69.2 Å². The molecule has 0 radical (unpaired) electrons. The predicted octanol–water partition coefficient (Wildman–Crippen LogP) is 3.01. The summed E-state index contributed by atoms with van der Waals surface area (Å²) in [4.78, 5) is 24.3. The van der Waals surface area contributed by atoms with Crippen LogP contribution in [0.1, 0.15) is 37.4 Å². The van der Waals surface area contributed by atoms with E-state index in [-0.39, 0.29) is 0 Å². The molecule has 2 rings (SSSR count). The van der Waals surface area contributed by atoms with Crippen LogP contribution in [0, 0.1) is 26.2 Å². The van der Waals surface area contributed by atoms with Crippen LogP contribution in [-0.4, -0.2) is 11.8 Å². The number of aryl methyl sites for hydroxylation is 2. The van der Waals surface area contributed by atoms with E-state index in [4.69, 9.17) is 18.0 Å². The van der Waals surface area contributed by atoms with Gasteiger partial charge in [0.15, 0.2) is 0 Å². The maximum absolute atomic E-state index is 12.2. The zero-order valence-electron chi connectivity index (χ0n) is 12.7. The average Bonchev–Trinajstić information content (AvgIpc) is 2.52. The molecular weight excluding hydrogens is 312 g/mol. The summed E-state index contributed by atoms with van der Waals surface area (Å²) in [6, 6.07) is 10.1. The molecule has 2 aromatic rings. The van der Waals surface area contributed by atoms with Crippen LogP contribution in [0.25, 0.3) is 0 Å². The quantitative estimate of drug-likeness (QED) is 0.658. The molecule has 5 heteroatoms. The number of nitrogens with one attached hydrogen (secondary N) is 2. The van der Waals surface area contributed by atoms with Crippen molar-refractivity contribution >= 4 is 23.4 Å². The maximum Gasteiger partial charge on any atom is 0.271 e. The number of rotatable bonds is 2. The second-order valence-corrected chi connectivity index (χ2v) is 5.42. The zero-order chi connectivity index (χ0) is 17.0. The number of hydrogen-bond acceptors (Lipinski definition) is 2. The van der Waals surface area contributed by atoms with Gasteiger partial charge in [-0.2, -0.15) is 0 Å². The van der Waals surface area contributed by atoms with Gasteiger partial charge in [-0.1, -0.05) is 35.7 Å². The summed E-state index contributed by atoms with van der Waals surface area (Å²) < 4.78 is 0. The van der Waals surface area contributed by atoms with E-state index >= 15 is 0 Å². The monoisotopic (exact) mass is 326 g/mol. The number of benzene rings is 2. The highest BCUT2D eigenvalue weighted by molar-refractivity contribution is 6.34. The average molecular weight is 327 g/mol. The molecule has 0 heterocycles. The van der Waals surface area contributed by atoms with Crippen LogP contribution in [0.5, 0.6) is 0 Å². The first-order valence-corrected chi connectivity index (χ1v) is 7.25. The fraction of sp³-hybridized carbons (Fsp3) is 0.111. The molecule has 0 aliphatic heterocycles. The number of terminal acetylenes is 1. The molecule has 0 saturated heterocycles. The van der Waals surface area contributed by atoms with E-state index in [1.165, 1.54) is 0 Å². The van der Waals surface area contributed by atoms with Crippen LogP contribution in [0.4, 0.5) is 0 Å². The Morgan fingerprint density at radius 2 is 1.74 bits per heavy atom. The van der Waals surface area contributed by atoms with Crippen LogP contribution in [0.3, 0.4) is 0 Å². The molecule has 0 aliphatic carbocycles. The van der Waals surface area contributed by atoms with Crippen LogP contribution in [0.15, 0.2) is 36.4 Å². The zero-order valence-corrected chi connectivity index (χ0v) is 13.5. The largest absolute Gasteiger partial charge is 0.271 e. The summed E-state index contributed by atoms with van der Waals surface area (Å²) in [5.41, 5.74) is 7.65. The molecule has 0 bridgehead atoms. The first-order valence-electron chi connectivity index (χ1n) is 6.87. The Morgan fingerprint density at radius 1 is 1.04 bits per heavy atom. The van der Waals surface area contributed by atoms with Crippen LogP contribution in [-0.2, 0) is 0 Å². The van der Waals surface area contributed by atoms with Gasteiger partial charge in [-0.25, -0.2) is 0 Å². The SMILES string of the molecule is C#Cc1cc(C(=O)NNC(=O)c2c(C)cccc2Cl)ccc1C. The van der Waals surface area contributed by atoms with Gasteiger partial charge in [0.05, 0.1) is 10.6 Å². The third-order valence-corrected chi connectivity index (χ3v) is 3.71. The molecule has 0 atom stereocenters. The van der Waals surface area contributed by atoms with Crippen LogP contribution < -0.4 is 10.9 Å². The Kier molecular flexibility index (Phi) is 5.05. The standard InChI is InChI=1S/C18H15ClN2O2/c1-4-13-10-14(9-8-11(13)2)17(22)20-21-18(23)16-12(3)6-5-7-15(16)19/h1,5-10H,2-3H3,(H,20,22)(H,21,23). The highest BCUT2D eigenvalue weighted by Gasteiger charge is 2.14. The van der Waals surface area contributed by atoms with Crippen molar-refractivity contribution in [2.24, 2.45) is 0 Å². The van der Waals surface area contributed by atoms with E-state index in [2.05, 4.69) is 16.8 Å². The topological polar surface area (TPSA) is 58.2 Å². The molecule has 4 nitrogen and oxygen atoms in total. The van der Waals surface area contributed by atoms with Gasteiger partial charge < -0.3 is 0 Å². The summed E-state index contributed by atoms with van der Waals surface area (Å²) in [6.07, 6.45) is 5.39. The van der Waals surface area contributed by atoms with Crippen molar-refractivity contribution in [1.82, 2.24) is 10.9 Å². The molecule has 0 saturated carbocycles. The lowest BCUT2D eigenvalue weighted by Gasteiger charge is -2.11. The van der Waals surface area contributed by atoms with E-state index in [9.17, 15) is 9.59 Å². The molecule has 2 aromatic carbocycles. The van der Waals surface area contributed by atoms with Gasteiger partial charge >= 0.3 is 0 Å². The summed E-state index contributed by atoms with van der Waals surface area (Å²) >= 11 is 6.02. The summed E-state index contributed by atoms with van der Waals surface area (Å²) in [7, 11) is 0. The van der Waals surface area contributed by atoms with Crippen molar-refractivity contribution in [2.75, 3.05) is 0 Å². The van der Waals surface area contributed by atoms with Gasteiger partial charge in [0.2, 0.25) is 0 Å². The first-order chi connectivity index (χ1) is 10.9. The first kappa shape index (κ1) is 16.6. The number of hydrazine groups is 1. The molecule has 0 aliphatic rings. The summed E-state index contributed by atoms with van der Waals surface area (Å²) in [5.74, 6) is 1.57. The highest BCUT2D eigenvalue weighted by Crippen LogP contribution is 2.19. The molecule has 0 aromatic heterocycles. The van der Waals surface area contributed by atoms with Gasteiger partial charge in [0, 0.05) is 11.1 Å². The third kappa shape index (κ3) is 3.71. The fourth-order valence-corrected chi connectivity index (χ4v) is 2.39. The number of hydrogen-bond donors (Lipinski definition) is 2. The van der Waals surface area contributed by atoms with Crippen LogP contribution >= 0.6 is 11.6 Å². The van der Waals surface area contributed by atoms with Crippen molar-refractivity contribution in [2.45, 2.75) is 13.8 Å². The minimum absolute atomic E-state index is 0.321. The van der Waals surface area contributed by atoms with E-state index in [1.807, 2.05) is 6.92 Å². The van der Waals surface area contributed by atoms with Crippen molar-refractivity contribution in [3.8, 4) is 12.3 Å². The van der Waals surface area contributed by atoms with E-state index in [0.717, 1.165) is 5.56 Å². The molecule has 23 heavy (non-hydrogen) atoms. The van der Waals surface area contributed by atoms with Gasteiger partial charge in [-0.3, -0.25) is 20.4 Å². The lowest BCUT2D eigenvalue weighted by Crippen LogP contribution is -2.42. The third-order valence-electron chi connectivity index (χ3n) is 3.39. The molecular formula is C18H15ClN2O2. The Bertz CT molecular complexity index is 802. The summed E-state index contributed by atoms with van der Waals surface area (Å²) in [6.45, 7) is 3.63. The smallest absolute Gasteiger partial charge is 0.267 e. The number of halogens is 1. The molecule has 0 fully saturated rings. The van der Waals surface area contributed by atoms with E-state index in [0.29, 0.717) is 27.3 Å². The maximum atomic E-state index is 12.2. The van der Waals surface area contributed by atoms with E-state index < -0.39 is 11.8 Å². The minimum Gasteiger partial charge on any atom is -0.267 e. The number of amides is 2. The van der Waals surface area contributed by atoms with Gasteiger partial charge in [-0.05, 0) is 43.2 Å². The van der Waals surface area contributed by atoms with Crippen LogP contribution in [0.2, 0.25) is 5.02 Å². The molecule has 0 spiro atoms. The Hall–Kier alpha value is -2.77. The Morgan fingerprint density at radius 3 is 2.39 bits per heavy atom. The number of carbonyl (C=O) groups excluding carboxylic acids is 2. The van der Waals surface area contributed by atoms with Gasteiger partial charge in [0.25, 0.3) is 11.8 Å². The predicted molar refractivity (Wildman–Crippen MR) is 90.2 cm³/mol. The molecule has 0 unspecified atom stereocenters. The van der Waals surface area contributed by atoms with Crippen molar-refractivity contribution < 1.29 is 9.59 Å². The lowest BCUT2D eigenvalue weighted by molar-refractivity contribution is 0.0846. The lowest BCUT2D eigenvalue weighted by atomic mass is 10.1. The van der Waals surface area contributed by atoms with Crippen molar-refractivity contribution in [1.29, 1.82) is 0 Å². The Labute approximate surface area is 139 Å².